The van der Waals surface area contributed by atoms with Crippen molar-refractivity contribution in [3.63, 3.8) is 0 Å². The first-order chi connectivity index (χ1) is 10.3. The third-order valence-electron chi connectivity index (χ3n) is 4.69. The number of carbonyl (C=O) groups excluding carboxylic acids is 1. The molecule has 122 valence electrons. The molecule has 1 aromatic carbocycles. The number of amides is 1. The summed E-state index contributed by atoms with van der Waals surface area (Å²) in [7, 11) is 1.65. The van der Waals surface area contributed by atoms with Gasteiger partial charge in [0.2, 0.25) is 5.91 Å². The second-order valence-electron chi connectivity index (χ2n) is 6.73. The number of carbonyl (C=O) groups is 1. The van der Waals surface area contributed by atoms with Gasteiger partial charge in [-0.1, -0.05) is 12.1 Å². The number of methoxy groups -OCH3 is 1. The highest BCUT2D eigenvalue weighted by atomic mass is 16.5. The SMILES string of the molecule is COc1ccc(C[C@@H]2[C@H](C(C)(C)O)CCCN2C(C)=O)cc1. The topological polar surface area (TPSA) is 49.8 Å². The number of benzene rings is 1. The molecule has 0 aliphatic carbocycles. The molecule has 1 N–H and O–H groups in total. The van der Waals surface area contributed by atoms with E-state index in [4.69, 9.17) is 4.74 Å². The number of hydrogen-bond acceptors (Lipinski definition) is 3. The highest BCUT2D eigenvalue weighted by molar-refractivity contribution is 5.73. The van der Waals surface area contributed by atoms with E-state index in [0.29, 0.717) is 0 Å². The molecule has 0 spiro atoms. The van der Waals surface area contributed by atoms with Crippen LogP contribution in [0.3, 0.4) is 0 Å². The molecular formula is C18H27NO3. The Morgan fingerprint density at radius 1 is 1.36 bits per heavy atom. The summed E-state index contributed by atoms with van der Waals surface area (Å²) in [5.41, 5.74) is 0.374. The van der Waals surface area contributed by atoms with Crippen LogP contribution in [0.5, 0.6) is 5.75 Å². The Kier molecular flexibility index (Phi) is 5.12. The van der Waals surface area contributed by atoms with Crippen molar-refractivity contribution in [1.29, 1.82) is 0 Å². The molecule has 0 radical (unpaired) electrons. The fourth-order valence-electron chi connectivity index (χ4n) is 3.53. The number of hydrogen-bond donors (Lipinski definition) is 1. The van der Waals surface area contributed by atoms with Crippen molar-refractivity contribution in [2.45, 2.75) is 51.7 Å². The minimum atomic E-state index is -0.786. The molecule has 0 aromatic heterocycles. The molecule has 1 heterocycles. The van der Waals surface area contributed by atoms with Crippen molar-refractivity contribution >= 4 is 5.91 Å². The number of rotatable bonds is 4. The average Bonchev–Trinajstić information content (AvgIpc) is 2.47. The van der Waals surface area contributed by atoms with Crippen molar-refractivity contribution in [3.8, 4) is 5.75 Å². The Labute approximate surface area is 133 Å². The zero-order valence-electron chi connectivity index (χ0n) is 14.0. The number of nitrogens with zero attached hydrogens (tertiary/aromatic N) is 1. The first kappa shape index (κ1) is 16.8. The van der Waals surface area contributed by atoms with E-state index in [1.54, 1.807) is 14.0 Å². The molecule has 22 heavy (non-hydrogen) atoms. The van der Waals surface area contributed by atoms with Gasteiger partial charge >= 0.3 is 0 Å². The molecule has 1 saturated heterocycles. The van der Waals surface area contributed by atoms with Crippen LogP contribution in [0.15, 0.2) is 24.3 Å². The van der Waals surface area contributed by atoms with Crippen LogP contribution >= 0.6 is 0 Å². The van der Waals surface area contributed by atoms with E-state index in [9.17, 15) is 9.90 Å². The van der Waals surface area contributed by atoms with Crippen molar-refractivity contribution in [2.75, 3.05) is 13.7 Å². The van der Waals surface area contributed by atoms with Crippen LogP contribution in [-0.2, 0) is 11.2 Å². The Hall–Kier alpha value is -1.55. The lowest BCUT2D eigenvalue weighted by Crippen LogP contribution is -2.54. The van der Waals surface area contributed by atoms with E-state index in [2.05, 4.69) is 0 Å². The molecule has 2 rings (SSSR count). The van der Waals surface area contributed by atoms with Crippen LogP contribution in [0.2, 0.25) is 0 Å². The van der Waals surface area contributed by atoms with Crippen LogP contribution in [0.1, 0.15) is 39.2 Å². The van der Waals surface area contributed by atoms with Gasteiger partial charge < -0.3 is 14.7 Å². The van der Waals surface area contributed by atoms with Gasteiger partial charge in [-0.2, -0.15) is 0 Å². The summed E-state index contributed by atoms with van der Waals surface area (Å²) in [6.07, 6.45) is 2.67. The normalized spacial score (nSPS) is 22.5. The Bertz CT molecular complexity index is 504. The number of ether oxygens (including phenoxy) is 1. The zero-order valence-corrected chi connectivity index (χ0v) is 14.0. The Morgan fingerprint density at radius 2 is 2.00 bits per heavy atom. The van der Waals surface area contributed by atoms with Crippen molar-refractivity contribution in [1.82, 2.24) is 4.90 Å². The van der Waals surface area contributed by atoms with Crippen LogP contribution in [-0.4, -0.2) is 41.2 Å². The van der Waals surface area contributed by atoms with Crippen LogP contribution < -0.4 is 4.74 Å². The smallest absolute Gasteiger partial charge is 0.219 e. The highest BCUT2D eigenvalue weighted by Gasteiger charge is 2.40. The van der Waals surface area contributed by atoms with Gasteiger partial charge in [0.25, 0.3) is 0 Å². The lowest BCUT2D eigenvalue weighted by atomic mass is 9.76. The Morgan fingerprint density at radius 3 is 2.50 bits per heavy atom. The minimum absolute atomic E-state index is 0.0413. The van der Waals surface area contributed by atoms with Crippen LogP contribution in [0.25, 0.3) is 0 Å². The van der Waals surface area contributed by atoms with E-state index in [-0.39, 0.29) is 17.9 Å². The molecule has 1 amide bonds. The van der Waals surface area contributed by atoms with Crippen molar-refractivity contribution < 1.29 is 14.6 Å². The first-order valence-electron chi connectivity index (χ1n) is 7.95. The Balaban J connectivity index is 2.24. The third kappa shape index (κ3) is 3.80. The molecule has 1 aromatic rings. The summed E-state index contributed by atoms with van der Waals surface area (Å²) in [5, 5.41) is 10.5. The molecule has 0 bridgehead atoms. The summed E-state index contributed by atoms with van der Waals surface area (Å²) in [4.78, 5) is 13.9. The molecule has 2 atom stereocenters. The van der Waals surface area contributed by atoms with E-state index in [1.807, 2.05) is 43.0 Å². The van der Waals surface area contributed by atoms with Gasteiger partial charge in [-0.05, 0) is 50.8 Å². The van der Waals surface area contributed by atoms with Gasteiger partial charge in [-0.15, -0.1) is 0 Å². The predicted octanol–water partition coefficient (Wildman–Crippen LogP) is 2.64. The van der Waals surface area contributed by atoms with Gasteiger partial charge in [-0.25, -0.2) is 0 Å². The average molecular weight is 305 g/mol. The van der Waals surface area contributed by atoms with E-state index in [1.165, 1.54) is 0 Å². The number of likely N-dealkylation sites (tertiary alicyclic amines) is 1. The molecule has 1 aliphatic heterocycles. The first-order valence-corrected chi connectivity index (χ1v) is 7.95. The van der Waals surface area contributed by atoms with Crippen molar-refractivity contribution in [2.24, 2.45) is 5.92 Å². The van der Waals surface area contributed by atoms with Gasteiger partial charge in [-0.3, -0.25) is 4.79 Å². The standard InChI is InChI=1S/C18H27NO3/c1-13(20)19-11-5-6-16(18(2,3)21)17(19)12-14-7-9-15(22-4)10-8-14/h7-10,16-17,21H,5-6,11-12H2,1-4H3/t16-,17-/m1/s1. The van der Waals surface area contributed by atoms with Crippen molar-refractivity contribution in [3.05, 3.63) is 29.8 Å². The van der Waals surface area contributed by atoms with Crippen LogP contribution in [0, 0.1) is 5.92 Å². The summed E-state index contributed by atoms with van der Waals surface area (Å²) in [5.74, 6) is 1.01. The number of piperidine rings is 1. The summed E-state index contributed by atoms with van der Waals surface area (Å²) >= 11 is 0. The second-order valence-corrected chi connectivity index (χ2v) is 6.73. The van der Waals surface area contributed by atoms with Gasteiger partial charge in [0.1, 0.15) is 5.75 Å². The fraction of sp³-hybridized carbons (Fsp3) is 0.611. The molecule has 4 nitrogen and oxygen atoms in total. The lowest BCUT2D eigenvalue weighted by Gasteiger charge is -2.46. The summed E-state index contributed by atoms with van der Waals surface area (Å²) in [6.45, 7) is 6.10. The molecule has 1 aliphatic rings. The third-order valence-corrected chi connectivity index (χ3v) is 4.69. The fourth-order valence-corrected chi connectivity index (χ4v) is 3.53. The van der Waals surface area contributed by atoms with E-state index in [0.717, 1.165) is 37.1 Å². The quantitative estimate of drug-likeness (QED) is 0.930. The predicted molar refractivity (Wildman–Crippen MR) is 86.9 cm³/mol. The molecule has 4 heteroatoms. The van der Waals surface area contributed by atoms with Gasteiger partial charge in [0, 0.05) is 25.4 Å². The maximum atomic E-state index is 12.0. The van der Waals surface area contributed by atoms with Gasteiger partial charge in [0.05, 0.1) is 12.7 Å². The molecule has 1 fully saturated rings. The van der Waals surface area contributed by atoms with Gasteiger partial charge in [0.15, 0.2) is 0 Å². The minimum Gasteiger partial charge on any atom is -0.497 e. The largest absolute Gasteiger partial charge is 0.497 e. The lowest BCUT2D eigenvalue weighted by molar-refractivity contribution is -0.138. The summed E-state index contributed by atoms with van der Waals surface area (Å²) in [6, 6.07) is 7.99. The maximum Gasteiger partial charge on any atom is 0.219 e. The molecule has 0 saturated carbocycles. The maximum absolute atomic E-state index is 12.0. The van der Waals surface area contributed by atoms with Crippen LogP contribution in [0.4, 0.5) is 0 Å². The highest BCUT2D eigenvalue weighted by Crippen LogP contribution is 2.34. The number of aliphatic hydroxyl groups is 1. The molecular weight excluding hydrogens is 278 g/mol. The molecule has 0 unspecified atom stereocenters. The van der Waals surface area contributed by atoms with E-state index < -0.39 is 5.60 Å². The monoisotopic (exact) mass is 305 g/mol. The zero-order chi connectivity index (χ0) is 16.3. The summed E-state index contributed by atoms with van der Waals surface area (Å²) < 4.78 is 5.19. The van der Waals surface area contributed by atoms with E-state index >= 15 is 0 Å². The second kappa shape index (κ2) is 6.69.